The molecule has 2 fully saturated rings. The smallest absolute Gasteiger partial charge is 0.243 e. The summed E-state index contributed by atoms with van der Waals surface area (Å²) in [6.45, 7) is 6.43. The molecule has 2 aliphatic heterocycles. The van der Waals surface area contributed by atoms with Gasteiger partial charge in [-0.1, -0.05) is 36.8 Å². The minimum Gasteiger partial charge on any atom is -0.300 e. The fraction of sp³-hybridized carbons (Fsp3) is 0.522. The quantitative estimate of drug-likeness (QED) is 0.780. The molecule has 0 spiro atoms. The van der Waals surface area contributed by atoms with Crippen molar-refractivity contribution in [2.45, 2.75) is 32.1 Å². The number of nitrogens with zero attached hydrogens (tertiary/aromatic N) is 3. The first-order valence-electron chi connectivity index (χ1n) is 10.8. The van der Waals surface area contributed by atoms with Gasteiger partial charge in [0.1, 0.15) is 0 Å². The fourth-order valence-corrected chi connectivity index (χ4v) is 4.42. The maximum atomic E-state index is 12.8. The highest BCUT2D eigenvalue weighted by atomic mass is 16.2. The number of benzene rings is 1. The second-order valence-electron chi connectivity index (χ2n) is 8.15. The summed E-state index contributed by atoms with van der Waals surface area (Å²) in [5.74, 6) is 0.189. The van der Waals surface area contributed by atoms with E-state index in [0.717, 1.165) is 49.9 Å². The molecule has 2 aromatic rings. The van der Waals surface area contributed by atoms with E-state index in [4.69, 9.17) is 0 Å². The molecular formula is C23H32N4O. The van der Waals surface area contributed by atoms with Crippen LogP contribution in [-0.2, 0) is 4.79 Å². The molecular weight excluding hydrogens is 348 g/mol. The molecule has 1 unspecified atom stereocenters. The molecule has 5 heteroatoms. The molecule has 2 aliphatic rings. The molecule has 1 N–H and O–H groups in total. The summed E-state index contributed by atoms with van der Waals surface area (Å²) in [5, 5.41) is 1.15. The number of amides is 1. The van der Waals surface area contributed by atoms with Gasteiger partial charge < -0.3 is 0 Å². The van der Waals surface area contributed by atoms with Gasteiger partial charge >= 0.3 is 0 Å². The zero-order chi connectivity index (χ0) is 19.2. The Balaban J connectivity index is 1.26. The number of likely N-dealkylation sites (tertiary alicyclic amines) is 2. The third-order valence-electron chi connectivity index (χ3n) is 6.05. The molecule has 1 aromatic heterocycles. The van der Waals surface area contributed by atoms with E-state index >= 15 is 0 Å². The first-order chi connectivity index (χ1) is 13.8. The van der Waals surface area contributed by atoms with Gasteiger partial charge in [0.25, 0.3) is 0 Å². The van der Waals surface area contributed by atoms with Crippen molar-refractivity contribution in [2.24, 2.45) is 5.92 Å². The zero-order valence-electron chi connectivity index (χ0n) is 16.7. The molecule has 0 radical (unpaired) electrons. The third kappa shape index (κ3) is 4.83. The average Bonchev–Trinajstić information content (AvgIpc) is 3.15. The highest BCUT2D eigenvalue weighted by Crippen LogP contribution is 2.18. The lowest BCUT2D eigenvalue weighted by Crippen LogP contribution is -2.42. The van der Waals surface area contributed by atoms with Crippen molar-refractivity contribution in [3.05, 3.63) is 48.7 Å². The maximum Gasteiger partial charge on any atom is 0.243 e. The Morgan fingerprint density at radius 3 is 2.57 bits per heavy atom. The summed E-state index contributed by atoms with van der Waals surface area (Å²) < 4.78 is 1.86. The number of piperidine rings is 2. The maximum absolute atomic E-state index is 12.8. The molecule has 2 saturated heterocycles. The van der Waals surface area contributed by atoms with Crippen LogP contribution in [0.1, 0.15) is 32.1 Å². The third-order valence-corrected chi connectivity index (χ3v) is 6.05. The van der Waals surface area contributed by atoms with Gasteiger partial charge in [-0.05, 0) is 57.5 Å². The number of aromatic nitrogens is 1. The van der Waals surface area contributed by atoms with Crippen molar-refractivity contribution in [3.63, 3.8) is 0 Å². The molecule has 0 saturated carbocycles. The minimum atomic E-state index is 0.0606. The Hall–Kier alpha value is -2.11. The van der Waals surface area contributed by atoms with E-state index in [0.29, 0.717) is 0 Å². The molecule has 3 heterocycles. The summed E-state index contributed by atoms with van der Waals surface area (Å²) >= 11 is 0. The van der Waals surface area contributed by atoms with Gasteiger partial charge in [-0.25, -0.2) is 0 Å². The highest BCUT2D eigenvalue weighted by molar-refractivity contribution is 5.89. The molecule has 0 aliphatic carbocycles. The lowest BCUT2D eigenvalue weighted by Gasteiger charge is -2.31. The standard InChI is InChI=1S/C23H32N4O/c28-23(24-27-18-12-20-9-2-3-11-22(20)27)21-10-8-17-26(19-21)16-7-6-15-25-13-4-1-5-14-25/h2-3,6-7,9,11-12,18,21H,1,4-5,8,10,13-17,19H2,(H,24,28). The van der Waals surface area contributed by atoms with Crippen molar-refractivity contribution in [3.8, 4) is 0 Å². The highest BCUT2D eigenvalue weighted by Gasteiger charge is 2.25. The number of nitrogens with one attached hydrogen (secondary N) is 1. The van der Waals surface area contributed by atoms with Crippen molar-refractivity contribution in [1.82, 2.24) is 14.5 Å². The minimum absolute atomic E-state index is 0.0606. The van der Waals surface area contributed by atoms with Crippen LogP contribution in [0, 0.1) is 5.92 Å². The van der Waals surface area contributed by atoms with Gasteiger partial charge in [-0.15, -0.1) is 0 Å². The second kappa shape index (κ2) is 9.39. The summed E-state index contributed by atoms with van der Waals surface area (Å²) in [6.07, 6.45) is 12.7. The van der Waals surface area contributed by atoms with Crippen molar-refractivity contribution < 1.29 is 4.79 Å². The van der Waals surface area contributed by atoms with Gasteiger partial charge in [0, 0.05) is 31.2 Å². The van der Waals surface area contributed by atoms with Crippen LogP contribution in [0.15, 0.2) is 48.7 Å². The number of fused-ring (bicyclic) bond motifs is 1. The van der Waals surface area contributed by atoms with E-state index in [-0.39, 0.29) is 11.8 Å². The van der Waals surface area contributed by atoms with E-state index in [9.17, 15) is 4.79 Å². The van der Waals surface area contributed by atoms with Crippen LogP contribution in [0.3, 0.4) is 0 Å². The van der Waals surface area contributed by atoms with Crippen LogP contribution in [0.25, 0.3) is 10.9 Å². The van der Waals surface area contributed by atoms with E-state index in [1.54, 1.807) is 0 Å². The van der Waals surface area contributed by atoms with Gasteiger partial charge in [0.15, 0.2) is 0 Å². The molecule has 0 bridgehead atoms. The monoisotopic (exact) mass is 380 g/mol. The molecule has 28 heavy (non-hydrogen) atoms. The lowest BCUT2D eigenvalue weighted by atomic mass is 9.97. The van der Waals surface area contributed by atoms with Crippen LogP contribution < -0.4 is 5.43 Å². The summed E-state index contributed by atoms with van der Waals surface area (Å²) in [6, 6.07) is 10.2. The SMILES string of the molecule is O=C(Nn1ccc2ccccc21)C1CCCN(CC=CCN2CCCCC2)C1. The number of hydrogen-bond donors (Lipinski definition) is 1. The Bertz CT molecular complexity index is 806. The van der Waals surface area contributed by atoms with Crippen LogP contribution in [0.5, 0.6) is 0 Å². The van der Waals surface area contributed by atoms with Crippen molar-refractivity contribution >= 4 is 16.8 Å². The predicted octanol–water partition coefficient (Wildman–Crippen LogP) is 3.47. The first-order valence-corrected chi connectivity index (χ1v) is 10.8. The van der Waals surface area contributed by atoms with Crippen LogP contribution in [-0.4, -0.2) is 59.7 Å². The summed E-state index contributed by atoms with van der Waals surface area (Å²) in [5.41, 5.74) is 4.14. The van der Waals surface area contributed by atoms with Crippen LogP contribution in [0.4, 0.5) is 0 Å². The summed E-state index contributed by atoms with van der Waals surface area (Å²) in [4.78, 5) is 17.8. The molecule has 150 valence electrons. The molecule has 1 atom stereocenters. The molecule has 4 rings (SSSR count). The Kier molecular flexibility index (Phi) is 6.45. The fourth-order valence-electron chi connectivity index (χ4n) is 4.42. The number of para-hydroxylation sites is 1. The van der Waals surface area contributed by atoms with Gasteiger partial charge in [0.05, 0.1) is 11.4 Å². The lowest BCUT2D eigenvalue weighted by molar-refractivity contribution is -0.122. The van der Waals surface area contributed by atoms with Crippen molar-refractivity contribution in [2.75, 3.05) is 44.7 Å². The molecule has 1 aromatic carbocycles. The van der Waals surface area contributed by atoms with Crippen LogP contribution >= 0.6 is 0 Å². The molecule has 1 amide bonds. The van der Waals surface area contributed by atoms with Gasteiger partial charge in [-0.3, -0.25) is 24.7 Å². The molecule has 5 nitrogen and oxygen atoms in total. The van der Waals surface area contributed by atoms with Gasteiger partial charge in [0.2, 0.25) is 5.91 Å². The largest absolute Gasteiger partial charge is 0.300 e. The number of rotatable bonds is 6. The number of hydrogen-bond acceptors (Lipinski definition) is 3. The first kappa shape index (κ1) is 19.2. The zero-order valence-corrected chi connectivity index (χ0v) is 16.7. The average molecular weight is 381 g/mol. The van der Waals surface area contributed by atoms with E-state index in [1.807, 2.05) is 35.1 Å². The topological polar surface area (TPSA) is 40.5 Å². The van der Waals surface area contributed by atoms with Crippen LogP contribution in [0.2, 0.25) is 0 Å². The van der Waals surface area contributed by atoms with Gasteiger partial charge in [-0.2, -0.15) is 0 Å². The van der Waals surface area contributed by atoms with Crippen molar-refractivity contribution in [1.29, 1.82) is 0 Å². The number of carbonyl (C=O) groups is 1. The number of carbonyl (C=O) groups excluding carboxylic acids is 1. The Morgan fingerprint density at radius 2 is 1.71 bits per heavy atom. The Labute approximate surface area is 168 Å². The normalized spacial score (nSPS) is 22.1. The van der Waals surface area contributed by atoms with E-state index in [2.05, 4.69) is 33.4 Å². The van der Waals surface area contributed by atoms with E-state index in [1.165, 1.54) is 32.4 Å². The van der Waals surface area contributed by atoms with E-state index < -0.39 is 0 Å². The predicted molar refractivity (Wildman–Crippen MR) is 115 cm³/mol. The summed E-state index contributed by atoms with van der Waals surface area (Å²) in [7, 11) is 0. The Morgan fingerprint density at radius 1 is 0.964 bits per heavy atom. The second-order valence-corrected chi connectivity index (χ2v) is 8.15.